The van der Waals surface area contributed by atoms with Crippen molar-refractivity contribution in [2.75, 3.05) is 6.54 Å². The van der Waals surface area contributed by atoms with Gasteiger partial charge < -0.3 is 9.64 Å². The van der Waals surface area contributed by atoms with Crippen LogP contribution in [0.15, 0.2) is 60.7 Å². The van der Waals surface area contributed by atoms with Crippen LogP contribution in [-0.4, -0.2) is 23.1 Å². The number of amides is 1. The van der Waals surface area contributed by atoms with Gasteiger partial charge in [-0.15, -0.1) is 0 Å². The van der Waals surface area contributed by atoms with Crippen LogP contribution in [0.5, 0.6) is 0 Å². The third-order valence-electron chi connectivity index (χ3n) is 3.86. The van der Waals surface area contributed by atoms with Gasteiger partial charge in [-0.25, -0.2) is 4.79 Å². The molecule has 0 bridgehead atoms. The van der Waals surface area contributed by atoms with E-state index in [1.807, 2.05) is 81.1 Å². The first-order valence-corrected chi connectivity index (χ1v) is 8.45. The van der Waals surface area contributed by atoms with Gasteiger partial charge in [-0.05, 0) is 45.2 Å². The molecule has 0 unspecified atom stereocenters. The smallest absolute Gasteiger partial charge is 0.410 e. The molecule has 2 aromatic rings. The normalized spacial score (nSPS) is 12.5. The van der Waals surface area contributed by atoms with Crippen molar-refractivity contribution in [3.63, 3.8) is 0 Å². The van der Waals surface area contributed by atoms with E-state index in [9.17, 15) is 4.79 Å². The fraction of sp³-hybridized carbons (Fsp3) is 0.381. The zero-order valence-electron chi connectivity index (χ0n) is 15.0. The molecule has 0 spiro atoms. The summed E-state index contributed by atoms with van der Waals surface area (Å²) in [6.45, 7) is 8.35. The maximum absolute atomic E-state index is 12.7. The highest BCUT2D eigenvalue weighted by atomic mass is 16.6. The minimum atomic E-state index is -0.501. The summed E-state index contributed by atoms with van der Waals surface area (Å²) in [5.41, 5.74) is 1.82. The van der Waals surface area contributed by atoms with E-state index in [0.29, 0.717) is 6.54 Å². The lowest BCUT2D eigenvalue weighted by Crippen LogP contribution is -2.39. The molecule has 1 amide bonds. The molecule has 0 radical (unpaired) electrons. The van der Waals surface area contributed by atoms with Crippen molar-refractivity contribution in [2.24, 2.45) is 0 Å². The van der Waals surface area contributed by atoms with Gasteiger partial charge in [0.2, 0.25) is 0 Å². The number of nitrogens with zero attached hydrogens (tertiary/aromatic N) is 1. The molecule has 0 saturated heterocycles. The van der Waals surface area contributed by atoms with Crippen molar-refractivity contribution < 1.29 is 9.53 Å². The molecule has 1 atom stereocenters. The second-order valence-electron chi connectivity index (χ2n) is 7.00. The molecular formula is C21H27NO2. The Balaban J connectivity index is 2.15. The van der Waals surface area contributed by atoms with Gasteiger partial charge in [0.15, 0.2) is 0 Å². The number of benzene rings is 2. The second kappa shape index (κ2) is 8.00. The van der Waals surface area contributed by atoms with Crippen LogP contribution >= 0.6 is 0 Å². The molecule has 24 heavy (non-hydrogen) atoms. The summed E-state index contributed by atoms with van der Waals surface area (Å²) in [7, 11) is 0. The highest BCUT2D eigenvalue weighted by molar-refractivity contribution is 5.68. The summed E-state index contributed by atoms with van der Waals surface area (Å²) < 4.78 is 5.62. The molecule has 0 saturated carbocycles. The predicted octanol–water partition coefficient (Wildman–Crippen LogP) is 5.23. The van der Waals surface area contributed by atoms with Crippen LogP contribution in [0.1, 0.15) is 44.9 Å². The topological polar surface area (TPSA) is 29.5 Å². The zero-order valence-corrected chi connectivity index (χ0v) is 15.0. The molecule has 0 aliphatic rings. The lowest BCUT2D eigenvalue weighted by atomic mass is 10.1. The van der Waals surface area contributed by atoms with Crippen LogP contribution in [0.2, 0.25) is 0 Å². The van der Waals surface area contributed by atoms with E-state index in [1.165, 1.54) is 5.56 Å². The number of hydrogen-bond acceptors (Lipinski definition) is 2. The minimum absolute atomic E-state index is 0.0373. The molecule has 0 aliphatic heterocycles. The van der Waals surface area contributed by atoms with E-state index in [2.05, 4.69) is 12.1 Å². The first-order valence-electron chi connectivity index (χ1n) is 8.45. The maximum atomic E-state index is 12.7. The van der Waals surface area contributed by atoms with Crippen molar-refractivity contribution in [3.8, 4) is 0 Å². The third kappa shape index (κ3) is 5.41. The van der Waals surface area contributed by atoms with Gasteiger partial charge in [0.25, 0.3) is 0 Å². The predicted molar refractivity (Wildman–Crippen MR) is 97.9 cm³/mol. The Morgan fingerprint density at radius 2 is 1.54 bits per heavy atom. The van der Waals surface area contributed by atoms with Gasteiger partial charge in [-0.3, -0.25) is 0 Å². The van der Waals surface area contributed by atoms with Crippen LogP contribution in [-0.2, 0) is 11.2 Å². The Hall–Kier alpha value is -2.29. The van der Waals surface area contributed by atoms with E-state index in [-0.39, 0.29) is 12.1 Å². The number of rotatable bonds is 5. The number of ether oxygens (including phenoxy) is 1. The lowest BCUT2D eigenvalue weighted by Gasteiger charge is -2.32. The maximum Gasteiger partial charge on any atom is 0.410 e. The van der Waals surface area contributed by atoms with Crippen molar-refractivity contribution in [2.45, 2.75) is 45.8 Å². The van der Waals surface area contributed by atoms with E-state index in [0.717, 1.165) is 12.0 Å². The Bertz CT molecular complexity index is 632. The average molecular weight is 325 g/mol. The standard InChI is InChI=1S/C21H27NO2/c1-17(19-13-9-6-10-14-19)22(20(23)24-21(2,3)4)16-15-18-11-7-5-8-12-18/h5-14,17H,15-16H2,1-4H3/t17-/m1/s1. The Morgan fingerprint density at radius 3 is 2.08 bits per heavy atom. The summed E-state index contributed by atoms with van der Waals surface area (Å²) >= 11 is 0. The molecule has 2 aromatic carbocycles. The van der Waals surface area contributed by atoms with E-state index >= 15 is 0 Å². The zero-order chi connectivity index (χ0) is 17.6. The number of carbonyl (C=O) groups excluding carboxylic acids is 1. The SMILES string of the molecule is C[C@H](c1ccccc1)N(CCc1ccccc1)C(=O)OC(C)(C)C. The quantitative estimate of drug-likeness (QED) is 0.753. The Morgan fingerprint density at radius 1 is 1.00 bits per heavy atom. The van der Waals surface area contributed by atoms with Crippen LogP contribution in [0, 0.1) is 0 Å². The second-order valence-corrected chi connectivity index (χ2v) is 7.00. The van der Waals surface area contributed by atoms with Gasteiger partial charge in [0.05, 0.1) is 6.04 Å². The molecule has 3 heteroatoms. The molecule has 0 aliphatic carbocycles. The third-order valence-corrected chi connectivity index (χ3v) is 3.86. The van der Waals surface area contributed by atoms with Crippen LogP contribution in [0.3, 0.4) is 0 Å². The average Bonchev–Trinajstić information content (AvgIpc) is 2.55. The van der Waals surface area contributed by atoms with Crippen molar-refractivity contribution in [1.29, 1.82) is 0 Å². The van der Waals surface area contributed by atoms with Crippen molar-refractivity contribution in [1.82, 2.24) is 4.90 Å². The summed E-state index contributed by atoms with van der Waals surface area (Å²) in [4.78, 5) is 14.5. The molecule has 0 aromatic heterocycles. The van der Waals surface area contributed by atoms with E-state index < -0.39 is 5.60 Å². The van der Waals surface area contributed by atoms with Crippen LogP contribution < -0.4 is 0 Å². The first kappa shape index (κ1) is 18.1. The Labute approximate surface area is 145 Å². The molecule has 0 heterocycles. The van der Waals surface area contributed by atoms with Gasteiger partial charge in [-0.2, -0.15) is 0 Å². The fourth-order valence-corrected chi connectivity index (χ4v) is 2.57. The van der Waals surface area contributed by atoms with Gasteiger partial charge >= 0.3 is 6.09 Å². The molecule has 128 valence electrons. The number of carbonyl (C=O) groups is 1. The highest BCUT2D eigenvalue weighted by Crippen LogP contribution is 2.23. The number of hydrogen-bond donors (Lipinski definition) is 0. The largest absolute Gasteiger partial charge is 0.444 e. The van der Waals surface area contributed by atoms with Crippen molar-refractivity contribution in [3.05, 3.63) is 71.8 Å². The molecule has 3 nitrogen and oxygen atoms in total. The molecule has 0 fully saturated rings. The summed E-state index contributed by atoms with van der Waals surface area (Å²) in [5, 5.41) is 0. The van der Waals surface area contributed by atoms with E-state index in [1.54, 1.807) is 0 Å². The van der Waals surface area contributed by atoms with Gasteiger partial charge in [-0.1, -0.05) is 60.7 Å². The fourth-order valence-electron chi connectivity index (χ4n) is 2.57. The van der Waals surface area contributed by atoms with Gasteiger partial charge in [0.1, 0.15) is 5.60 Å². The molecular weight excluding hydrogens is 298 g/mol. The molecule has 0 N–H and O–H groups in total. The van der Waals surface area contributed by atoms with Gasteiger partial charge in [0, 0.05) is 6.54 Å². The minimum Gasteiger partial charge on any atom is -0.444 e. The summed E-state index contributed by atoms with van der Waals surface area (Å²) in [5.74, 6) is 0. The van der Waals surface area contributed by atoms with Crippen LogP contribution in [0.25, 0.3) is 0 Å². The monoisotopic (exact) mass is 325 g/mol. The van der Waals surface area contributed by atoms with Crippen molar-refractivity contribution >= 4 is 6.09 Å². The summed E-state index contributed by atoms with van der Waals surface area (Å²) in [6.07, 6.45) is 0.534. The summed E-state index contributed by atoms with van der Waals surface area (Å²) in [6, 6.07) is 20.2. The highest BCUT2D eigenvalue weighted by Gasteiger charge is 2.26. The Kier molecular flexibility index (Phi) is 6.02. The van der Waals surface area contributed by atoms with E-state index in [4.69, 9.17) is 4.74 Å². The lowest BCUT2D eigenvalue weighted by molar-refractivity contribution is 0.0176. The van der Waals surface area contributed by atoms with Crippen LogP contribution in [0.4, 0.5) is 4.79 Å². The molecule has 2 rings (SSSR count). The first-order chi connectivity index (χ1) is 11.4.